The Morgan fingerprint density at radius 1 is 1.40 bits per heavy atom. The third-order valence-electron chi connectivity index (χ3n) is 2.80. The van der Waals surface area contributed by atoms with Crippen LogP contribution in [0, 0.1) is 13.8 Å². The number of hydrogen-bond donors (Lipinski definition) is 1. The molecule has 1 aliphatic rings. The largest absolute Gasteiger partial charge is 0.377 e. The highest BCUT2D eigenvalue weighted by Crippen LogP contribution is 2.24. The molecular weight excluding hydrogens is 190 g/mol. The van der Waals surface area contributed by atoms with Crippen LogP contribution in [0.1, 0.15) is 31.3 Å². The molecule has 0 saturated carbocycles. The Labute approximate surface area is 90.6 Å². The number of anilines is 1. The average molecular weight is 209 g/mol. The average Bonchev–Trinajstić information content (AvgIpc) is 2.36. The summed E-state index contributed by atoms with van der Waals surface area (Å²) in [6.45, 7) is 10.1. The van der Waals surface area contributed by atoms with E-state index >= 15 is 0 Å². The van der Waals surface area contributed by atoms with Gasteiger partial charge < -0.3 is 10.1 Å². The molecule has 1 aromatic heterocycles. The Kier molecular flexibility index (Phi) is 2.69. The quantitative estimate of drug-likeness (QED) is 0.826. The van der Waals surface area contributed by atoms with Crippen LogP contribution in [0.4, 0.5) is 5.69 Å². The van der Waals surface area contributed by atoms with Gasteiger partial charge in [-0.05, 0) is 27.7 Å². The molecule has 0 amide bonds. The number of aryl methyl sites for hydroxylation is 1. The van der Waals surface area contributed by atoms with Crippen LogP contribution in [-0.4, -0.2) is 29.0 Å². The summed E-state index contributed by atoms with van der Waals surface area (Å²) in [5, 5.41) is 8.02. The van der Waals surface area contributed by atoms with Gasteiger partial charge in [-0.3, -0.25) is 4.68 Å². The van der Waals surface area contributed by atoms with E-state index in [4.69, 9.17) is 4.74 Å². The van der Waals surface area contributed by atoms with Crippen molar-refractivity contribution in [1.82, 2.24) is 9.78 Å². The summed E-state index contributed by atoms with van der Waals surface area (Å²) in [7, 11) is 0. The van der Waals surface area contributed by atoms with Crippen LogP contribution in [0.2, 0.25) is 0 Å². The SMILES string of the molecule is Cc1nn(C(C)C)c(C)c1NC1COC1. The van der Waals surface area contributed by atoms with Crippen molar-refractivity contribution in [3.63, 3.8) is 0 Å². The summed E-state index contributed by atoms with van der Waals surface area (Å²) < 4.78 is 7.22. The molecule has 0 bridgehead atoms. The van der Waals surface area contributed by atoms with Crippen LogP contribution < -0.4 is 5.32 Å². The molecule has 1 N–H and O–H groups in total. The Balaban J connectivity index is 2.21. The number of ether oxygens (including phenoxy) is 1. The molecular formula is C11H19N3O. The standard InChI is InChI=1S/C11H19N3O/c1-7(2)14-9(4)11(8(3)13-14)12-10-5-15-6-10/h7,10,12H,5-6H2,1-4H3. The fourth-order valence-corrected chi connectivity index (χ4v) is 1.90. The first-order valence-corrected chi connectivity index (χ1v) is 5.49. The van der Waals surface area contributed by atoms with Gasteiger partial charge in [-0.2, -0.15) is 5.10 Å². The molecule has 84 valence electrons. The summed E-state index contributed by atoms with van der Waals surface area (Å²) in [5.41, 5.74) is 3.47. The summed E-state index contributed by atoms with van der Waals surface area (Å²) in [6.07, 6.45) is 0. The Morgan fingerprint density at radius 2 is 2.07 bits per heavy atom. The van der Waals surface area contributed by atoms with E-state index in [2.05, 4.69) is 35.9 Å². The third-order valence-corrected chi connectivity index (χ3v) is 2.80. The van der Waals surface area contributed by atoms with E-state index in [1.807, 2.05) is 6.92 Å². The zero-order chi connectivity index (χ0) is 11.0. The summed E-state index contributed by atoms with van der Waals surface area (Å²) in [4.78, 5) is 0. The Bertz CT molecular complexity index is 353. The smallest absolute Gasteiger partial charge is 0.0828 e. The number of nitrogens with zero attached hydrogens (tertiary/aromatic N) is 2. The maximum absolute atomic E-state index is 5.15. The van der Waals surface area contributed by atoms with Crippen LogP contribution in [-0.2, 0) is 4.74 Å². The van der Waals surface area contributed by atoms with E-state index in [0.717, 1.165) is 18.9 Å². The zero-order valence-electron chi connectivity index (χ0n) is 9.87. The van der Waals surface area contributed by atoms with E-state index < -0.39 is 0 Å². The van der Waals surface area contributed by atoms with E-state index in [0.29, 0.717) is 12.1 Å². The van der Waals surface area contributed by atoms with Crippen molar-refractivity contribution >= 4 is 5.69 Å². The second-order valence-corrected chi connectivity index (χ2v) is 4.46. The number of nitrogens with one attached hydrogen (secondary N) is 1. The van der Waals surface area contributed by atoms with Crippen LogP contribution >= 0.6 is 0 Å². The van der Waals surface area contributed by atoms with Crippen molar-refractivity contribution in [3.05, 3.63) is 11.4 Å². The van der Waals surface area contributed by atoms with Crippen molar-refractivity contribution < 1.29 is 4.74 Å². The van der Waals surface area contributed by atoms with Crippen molar-refractivity contribution in [3.8, 4) is 0 Å². The highest BCUT2D eigenvalue weighted by molar-refractivity contribution is 5.53. The molecule has 4 heteroatoms. The van der Waals surface area contributed by atoms with Crippen LogP contribution in [0.25, 0.3) is 0 Å². The first kappa shape index (κ1) is 10.5. The van der Waals surface area contributed by atoms with Gasteiger partial charge in [-0.15, -0.1) is 0 Å². The minimum atomic E-state index is 0.414. The maximum atomic E-state index is 5.15. The van der Waals surface area contributed by atoms with Gasteiger partial charge in [0, 0.05) is 6.04 Å². The number of rotatable bonds is 3. The molecule has 4 nitrogen and oxygen atoms in total. The molecule has 0 aromatic carbocycles. The second-order valence-electron chi connectivity index (χ2n) is 4.46. The molecule has 0 aliphatic carbocycles. The maximum Gasteiger partial charge on any atom is 0.0828 e. The predicted molar refractivity (Wildman–Crippen MR) is 60.3 cm³/mol. The minimum absolute atomic E-state index is 0.414. The lowest BCUT2D eigenvalue weighted by Crippen LogP contribution is -2.40. The second kappa shape index (κ2) is 3.85. The van der Waals surface area contributed by atoms with E-state index in [-0.39, 0.29) is 0 Å². The first-order valence-electron chi connectivity index (χ1n) is 5.49. The first-order chi connectivity index (χ1) is 7.09. The van der Waals surface area contributed by atoms with Gasteiger partial charge in [-0.25, -0.2) is 0 Å². The Hall–Kier alpha value is -1.03. The van der Waals surface area contributed by atoms with Crippen LogP contribution in [0.15, 0.2) is 0 Å². The number of hydrogen-bond acceptors (Lipinski definition) is 3. The fourth-order valence-electron chi connectivity index (χ4n) is 1.90. The molecule has 0 atom stereocenters. The minimum Gasteiger partial charge on any atom is -0.377 e. The number of aromatic nitrogens is 2. The van der Waals surface area contributed by atoms with Gasteiger partial charge in [-0.1, -0.05) is 0 Å². The fraction of sp³-hybridized carbons (Fsp3) is 0.727. The molecule has 2 heterocycles. The van der Waals surface area contributed by atoms with Crippen LogP contribution in [0.3, 0.4) is 0 Å². The monoisotopic (exact) mass is 209 g/mol. The summed E-state index contributed by atoms with van der Waals surface area (Å²) in [6, 6.07) is 0.879. The topological polar surface area (TPSA) is 39.1 Å². The van der Waals surface area contributed by atoms with Gasteiger partial charge in [0.15, 0.2) is 0 Å². The lowest BCUT2D eigenvalue weighted by atomic mass is 10.2. The molecule has 2 rings (SSSR count). The molecule has 0 spiro atoms. The summed E-state index contributed by atoms with van der Waals surface area (Å²) >= 11 is 0. The van der Waals surface area contributed by atoms with Crippen LogP contribution in [0.5, 0.6) is 0 Å². The lowest BCUT2D eigenvalue weighted by Gasteiger charge is -2.28. The zero-order valence-corrected chi connectivity index (χ0v) is 9.87. The highest BCUT2D eigenvalue weighted by atomic mass is 16.5. The Morgan fingerprint density at radius 3 is 2.47 bits per heavy atom. The van der Waals surface area contributed by atoms with Gasteiger partial charge in [0.05, 0.1) is 36.3 Å². The van der Waals surface area contributed by atoms with E-state index in [1.165, 1.54) is 11.4 Å². The third kappa shape index (κ3) is 1.86. The summed E-state index contributed by atoms with van der Waals surface area (Å²) in [5.74, 6) is 0. The van der Waals surface area contributed by atoms with Crippen molar-refractivity contribution in [2.45, 2.75) is 39.8 Å². The normalized spacial score (nSPS) is 16.9. The molecule has 15 heavy (non-hydrogen) atoms. The van der Waals surface area contributed by atoms with Crippen molar-refractivity contribution in [2.24, 2.45) is 0 Å². The van der Waals surface area contributed by atoms with Gasteiger partial charge >= 0.3 is 0 Å². The van der Waals surface area contributed by atoms with E-state index in [9.17, 15) is 0 Å². The van der Waals surface area contributed by atoms with Gasteiger partial charge in [0.2, 0.25) is 0 Å². The van der Waals surface area contributed by atoms with Gasteiger partial charge in [0.1, 0.15) is 0 Å². The lowest BCUT2D eigenvalue weighted by molar-refractivity contribution is 0.0210. The van der Waals surface area contributed by atoms with Gasteiger partial charge in [0.25, 0.3) is 0 Å². The predicted octanol–water partition coefficient (Wildman–Crippen LogP) is 1.89. The molecule has 1 aromatic rings. The van der Waals surface area contributed by atoms with Crippen molar-refractivity contribution in [1.29, 1.82) is 0 Å². The van der Waals surface area contributed by atoms with E-state index in [1.54, 1.807) is 0 Å². The molecule has 1 saturated heterocycles. The molecule has 1 fully saturated rings. The van der Waals surface area contributed by atoms with Crippen molar-refractivity contribution in [2.75, 3.05) is 18.5 Å². The molecule has 0 radical (unpaired) electrons. The molecule has 0 unspecified atom stereocenters. The highest BCUT2D eigenvalue weighted by Gasteiger charge is 2.21. The molecule has 1 aliphatic heterocycles.